The molecule has 0 unspecified atom stereocenters. The van der Waals surface area contributed by atoms with Gasteiger partial charge in [-0.1, -0.05) is 13.8 Å². The number of aromatic nitrogens is 2. The molecule has 92 valence electrons. The first kappa shape index (κ1) is 13.4. The van der Waals surface area contributed by atoms with Crippen LogP contribution in [0.4, 0.5) is 5.13 Å². The van der Waals surface area contributed by atoms with Crippen LogP contribution in [0.5, 0.6) is 0 Å². The summed E-state index contributed by atoms with van der Waals surface area (Å²) in [6.45, 7) is 7.11. The molecule has 0 spiro atoms. The molecule has 1 aromatic heterocycles. The predicted octanol–water partition coefficient (Wildman–Crippen LogP) is 2.06. The van der Waals surface area contributed by atoms with Crippen molar-refractivity contribution in [2.24, 2.45) is 5.73 Å². The molecule has 0 aromatic carbocycles. The van der Waals surface area contributed by atoms with Crippen LogP contribution < -0.4 is 10.6 Å². The number of anilines is 1. The van der Waals surface area contributed by atoms with Crippen molar-refractivity contribution in [3.8, 4) is 0 Å². The average molecular weight is 242 g/mol. The van der Waals surface area contributed by atoms with E-state index in [1.54, 1.807) is 0 Å². The van der Waals surface area contributed by atoms with E-state index in [4.69, 9.17) is 5.73 Å². The van der Waals surface area contributed by atoms with E-state index in [2.05, 4.69) is 28.1 Å². The van der Waals surface area contributed by atoms with Crippen LogP contribution in [-0.4, -0.2) is 29.0 Å². The van der Waals surface area contributed by atoms with Crippen molar-refractivity contribution in [3.63, 3.8) is 0 Å². The zero-order valence-corrected chi connectivity index (χ0v) is 11.1. The first-order chi connectivity index (χ1) is 7.81. The van der Waals surface area contributed by atoms with Gasteiger partial charge in [-0.25, -0.2) is 4.98 Å². The van der Waals surface area contributed by atoms with Gasteiger partial charge in [-0.05, 0) is 25.8 Å². The van der Waals surface area contributed by atoms with Crippen molar-refractivity contribution in [1.29, 1.82) is 0 Å². The Hall–Kier alpha value is -0.680. The largest absolute Gasteiger partial charge is 0.347 e. The van der Waals surface area contributed by atoms with E-state index >= 15 is 0 Å². The minimum Gasteiger partial charge on any atom is -0.347 e. The second-order valence-electron chi connectivity index (χ2n) is 3.87. The maximum Gasteiger partial charge on any atom is 0.205 e. The molecule has 4 nitrogen and oxygen atoms in total. The lowest BCUT2D eigenvalue weighted by atomic mass is 10.3. The fourth-order valence-electron chi connectivity index (χ4n) is 1.55. The Balaban J connectivity index is 2.59. The molecule has 0 atom stereocenters. The van der Waals surface area contributed by atoms with Crippen LogP contribution in [0.3, 0.4) is 0 Å². The number of nitrogens with two attached hydrogens (primary N) is 1. The van der Waals surface area contributed by atoms with Crippen molar-refractivity contribution in [3.05, 3.63) is 5.82 Å². The maximum absolute atomic E-state index is 5.54. The summed E-state index contributed by atoms with van der Waals surface area (Å²) in [4.78, 5) is 6.86. The van der Waals surface area contributed by atoms with E-state index < -0.39 is 0 Å². The average Bonchev–Trinajstić information content (AvgIpc) is 2.73. The van der Waals surface area contributed by atoms with E-state index in [9.17, 15) is 0 Å². The third kappa shape index (κ3) is 4.06. The van der Waals surface area contributed by atoms with Gasteiger partial charge in [-0.15, -0.1) is 0 Å². The molecule has 0 radical (unpaired) electrons. The van der Waals surface area contributed by atoms with Gasteiger partial charge in [0.2, 0.25) is 5.13 Å². The van der Waals surface area contributed by atoms with E-state index in [-0.39, 0.29) is 0 Å². The van der Waals surface area contributed by atoms with Gasteiger partial charge in [-0.2, -0.15) is 4.37 Å². The number of aryl methyl sites for hydroxylation is 1. The highest BCUT2D eigenvalue weighted by Crippen LogP contribution is 2.18. The van der Waals surface area contributed by atoms with Crippen LogP contribution >= 0.6 is 11.5 Å². The highest BCUT2D eigenvalue weighted by Gasteiger charge is 2.10. The van der Waals surface area contributed by atoms with Crippen LogP contribution in [0.1, 0.15) is 38.9 Å². The Morgan fingerprint density at radius 3 is 2.69 bits per heavy atom. The summed E-state index contributed by atoms with van der Waals surface area (Å²) in [6.07, 6.45) is 4.23. The third-order valence-corrected chi connectivity index (χ3v) is 3.14. The molecule has 0 aliphatic heterocycles. The van der Waals surface area contributed by atoms with Crippen LogP contribution in [-0.2, 0) is 6.42 Å². The quantitative estimate of drug-likeness (QED) is 0.758. The second kappa shape index (κ2) is 7.57. The molecule has 0 amide bonds. The lowest BCUT2D eigenvalue weighted by Crippen LogP contribution is -2.26. The molecular weight excluding hydrogens is 220 g/mol. The van der Waals surface area contributed by atoms with Crippen LogP contribution in [0.15, 0.2) is 0 Å². The monoisotopic (exact) mass is 242 g/mol. The predicted molar refractivity (Wildman–Crippen MR) is 70.1 cm³/mol. The lowest BCUT2D eigenvalue weighted by Gasteiger charge is -2.19. The molecule has 0 bridgehead atoms. The third-order valence-electron chi connectivity index (χ3n) is 2.33. The number of rotatable bonds is 8. The number of hydrogen-bond acceptors (Lipinski definition) is 5. The fourth-order valence-corrected chi connectivity index (χ4v) is 2.32. The van der Waals surface area contributed by atoms with Crippen molar-refractivity contribution in [2.75, 3.05) is 24.5 Å². The summed E-state index contributed by atoms with van der Waals surface area (Å²) in [5.41, 5.74) is 5.54. The molecule has 0 saturated carbocycles. The van der Waals surface area contributed by atoms with Gasteiger partial charge in [0, 0.05) is 31.0 Å². The highest BCUT2D eigenvalue weighted by molar-refractivity contribution is 7.09. The van der Waals surface area contributed by atoms with Crippen LogP contribution in [0.2, 0.25) is 0 Å². The minimum absolute atomic E-state index is 0.737. The van der Waals surface area contributed by atoms with E-state index in [0.29, 0.717) is 0 Å². The molecule has 0 saturated heterocycles. The van der Waals surface area contributed by atoms with Crippen molar-refractivity contribution >= 4 is 16.7 Å². The molecule has 1 aromatic rings. The Labute approximate surface area is 102 Å². The fraction of sp³-hybridized carbons (Fsp3) is 0.818. The summed E-state index contributed by atoms with van der Waals surface area (Å²) < 4.78 is 4.37. The summed E-state index contributed by atoms with van der Waals surface area (Å²) in [6, 6.07) is 0. The van der Waals surface area contributed by atoms with Gasteiger partial charge in [0.05, 0.1) is 0 Å². The van der Waals surface area contributed by atoms with Crippen molar-refractivity contribution < 1.29 is 0 Å². The van der Waals surface area contributed by atoms with E-state index in [0.717, 1.165) is 56.3 Å². The Bertz CT molecular complexity index is 287. The molecule has 0 aliphatic rings. The van der Waals surface area contributed by atoms with Crippen molar-refractivity contribution in [2.45, 2.75) is 39.5 Å². The molecular formula is C11H22N4S. The molecule has 1 rings (SSSR count). The number of nitrogens with zero attached hydrogens (tertiary/aromatic N) is 3. The maximum atomic E-state index is 5.54. The molecule has 16 heavy (non-hydrogen) atoms. The minimum atomic E-state index is 0.737. The topological polar surface area (TPSA) is 55.0 Å². The van der Waals surface area contributed by atoms with Gasteiger partial charge in [0.25, 0.3) is 0 Å². The summed E-state index contributed by atoms with van der Waals surface area (Å²) >= 11 is 1.51. The molecule has 0 aliphatic carbocycles. The lowest BCUT2D eigenvalue weighted by molar-refractivity contribution is 0.715. The van der Waals surface area contributed by atoms with Crippen LogP contribution in [0, 0.1) is 0 Å². The van der Waals surface area contributed by atoms with Gasteiger partial charge >= 0.3 is 0 Å². The number of hydrogen-bond donors (Lipinski definition) is 1. The Kier molecular flexibility index (Phi) is 6.33. The molecule has 1 heterocycles. The standard InChI is InChI=1S/C11H22N4S/c1-3-6-10-13-11(16-14-10)15(8-4-2)9-5-7-12/h3-9,12H2,1-2H3. The molecule has 0 fully saturated rings. The normalized spacial score (nSPS) is 10.7. The smallest absolute Gasteiger partial charge is 0.205 e. The Morgan fingerprint density at radius 1 is 1.25 bits per heavy atom. The summed E-state index contributed by atoms with van der Waals surface area (Å²) in [5, 5.41) is 1.05. The SMILES string of the molecule is CCCc1nsc(N(CCC)CCCN)n1. The van der Waals surface area contributed by atoms with E-state index in [1.165, 1.54) is 11.5 Å². The van der Waals surface area contributed by atoms with E-state index in [1.807, 2.05) is 0 Å². The highest BCUT2D eigenvalue weighted by atomic mass is 32.1. The van der Waals surface area contributed by atoms with Gasteiger partial charge < -0.3 is 10.6 Å². The summed E-state index contributed by atoms with van der Waals surface area (Å²) in [7, 11) is 0. The van der Waals surface area contributed by atoms with Gasteiger partial charge in [0.15, 0.2) is 0 Å². The van der Waals surface area contributed by atoms with Gasteiger partial charge in [0.1, 0.15) is 5.82 Å². The first-order valence-electron chi connectivity index (χ1n) is 6.09. The second-order valence-corrected chi connectivity index (χ2v) is 4.60. The Morgan fingerprint density at radius 2 is 2.06 bits per heavy atom. The first-order valence-corrected chi connectivity index (χ1v) is 6.86. The van der Waals surface area contributed by atoms with Crippen molar-refractivity contribution in [1.82, 2.24) is 9.36 Å². The van der Waals surface area contributed by atoms with Crippen LogP contribution in [0.25, 0.3) is 0 Å². The molecule has 2 N–H and O–H groups in total. The zero-order valence-electron chi connectivity index (χ0n) is 10.3. The molecule has 5 heteroatoms. The van der Waals surface area contributed by atoms with Gasteiger partial charge in [-0.3, -0.25) is 0 Å². The summed E-state index contributed by atoms with van der Waals surface area (Å²) in [5.74, 6) is 0.983. The zero-order chi connectivity index (χ0) is 11.8.